The topological polar surface area (TPSA) is 46.1 Å². The fraction of sp³-hybridized carbons (Fsp3) is 0.300. The quantitative estimate of drug-likeness (QED) is 0.776. The van der Waals surface area contributed by atoms with E-state index >= 15 is 0 Å². The van der Waals surface area contributed by atoms with Crippen LogP contribution in [0.25, 0.3) is 0 Å². The van der Waals surface area contributed by atoms with Crippen molar-refractivity contribution in [1.29, 1.82) is 0 Å². The minimum absolute atomic E-state index is 0.00870. The zero-order chi connectivity index (χ0) is 11.0. The third-order valence-electron chi connectivity index (χ3n) is 2.68. The minimum atomic E-state index is -0.00870. The van der Waals surface area contributed by atoms with Crippen molar-refractivity contribution in [2.24, 2.45) is 0 Å². The van der Waals surface area contributed by atoms with E-state index in [0.717, 1.165) is 24.7 Å². The molecule has 0 aromatic carbocycles. The molecule has 0 fully saturated rings. The second kappa shape index (κ2) is 3.95. The van der Waals surface area contributed by atoms with Crippen molar-refractivity contribution >= 4 is 29.0 Å². The van der Waals surface area contributed by atoms with Crippen molar-refractivity contribution in [3.05, 3.63) is 33.8 Å². The Morgan fingerprint density at radius 1 is 1.50 bits per heavy atom. The highest BCUT2D eigenvalue weighted by molar-refractivity contribution is 7.10. The van der Waals surface area contributed by atoms with Gasteiger partial charge in [-0.3, -0.25) is 4.79 Å². The first kappa shape index (κ1) is 9.92. The first-order valence-corrected chi connectivity index (χ1v) is 6.57. The molecule has 0 aliphatic carbocycles. The first-order chi connectivity index (χ1) is 7.84. The number of rotatable bonds is 1. The number of amides is 1. The molecule has 0 N–H and O–H groups in total. The molecule has 1 amide bonds. The van der Waals surface area contributed by atoms with Crippen LogP contribution in [-0.2, 0) is 13.0 Å². The summed E-state index contributed by atoms with van der Waals surface area (Å²) in [6.07, 6.45) is 2.49. The number of hydrogen-bond acceptors (Lipinski definition) is 5. The molecule has 3 rings (SSSR count). The van der Waals surface area contributed by atoms with Crippen LogP contribution in [0.1, 0.15) is 20.9 Å². The molecular formula is C10H9N3OS2. The molecule has 0 radical (unpaired) electrons. The van der Waals surface area contributed by atoms with E-state index in [1.54, 1.807) is 11.3 Å². The zero-order valence-corrected chi connectivity index (χ0v) is 10.1. The normalized spacial score (nSPS) is 14.9. The summed E-state index contributed by atoms with van der Waals surface area (Å²) in [7, 11) is 0. The van der Waals surface area contributed by atoms with E-state index < -0.39 is 0 Å². The van der Waals surface area contributed by atoms with Crippen LogP contribution >= 0.6 is 23.1 Å². The summed E-state index contributed by atoms with van der Waals surface area (Å²) in [4.78, 5) is 15.3. The van der Waals surface area contributed by atoms with Gasteiger partial charge in [0.1, 0.15) is 0 Å². The molecule has 1 aliphatic heterocycles. The van der Waals surface area contributed by atoms with E-state index in [4.69, 9.17) is 0 Å². The number of hydrogen-bond donors (Lipinski definition) is 0. The zero-order valence-electron chi connectivity index (χ0n) is 8.42. The van der Waals surface area contributed by atoms with Crippen LogP contribution in [-0.4, -0.2) is 26.1 Å². The Kier molecular flexibility index (Phi) is 2.45. The van der Waals surface area contributed by atoms with Gasteiger partial charge in [-0.05, 0) is 23.4 Å². The van der Waals surface area contributed by atoms with Crippen LogP contribution in [0.15, 0.2) is 17.6 Å². The second-order valence-corrected chi connectivity index (χ2v) is 5.20. The molecule has 1 aliphatic rings. The Morgan fingerprint density at radius 2 is 2.44 bits per heavy atom. The highest BCUT2D eigenvalue weighted by Crippen LogP contribution is 2.24. The molecule has 3 heterocycles. The maximum atomic E-state index is 12.0. The predicted octanol–water partition coefficient (Wildman–Crippen LogP) is 1.80. The van der Waals surface area contributed by atoms with E-state index in [1.807, 2.05) is 4.90 Å². The molecule has 82 valence electrons. The minimum Gasteiger partial charge on any atom is -0.332 e. The first-order valence-electron chi connectivity index (χ1n) is 4.96. The fourth-order valence-electron chi connectivity index (χ4n) is 1.84. The Labute approximate surface area is 101 Å². The van der Waals surface area contributed by atoms with Gasteiger partial charge in [0.2, 0.25) is 0 Å². The average Bonchev–Trinajstić information content (AvgIpc) is 2.98. The van der Waals surface area contributed by atoms with Crippen LogP contribution in [0.3, 0.4) is 0 Å². The molecular weight excluding hydrogens is 242 g/mol. The number of nitrogens with zero attached hydrogens (tertiary/aromatic N) is 3. The van der Waals surface area contributed by atoms with Gasteiger partial charge in [0, 0.05) is 18.0 Å². The van der Waals surface area contributed by atoms with Crippen LogP contribution < -0.4 is 0 Å². The summed E-state index contributed by atoms with van der Waals surface area (Å²) in [5.74, 6) is -0.00870. The van der Waals surface area contributed by atoms with E-state index in [0.29, 0.717) is 12.2 Å². The lowest BCUT2D eigenvalue weighted by molar-refractivity contribution is 0.0731. The number of carbonyl (C=O) groups excluding carboxylic acids is 1. The summed E-state index contributed by atoms with van der Waals surface area (Å²) < 4.78 is 7.83. The molecule has 2 aromatic rings. The highest BCUT2D eigenvalue weighted by Gasteiger charge is 2.23. The van der Waals surface area contributed by atoms with Gasteiger partial charge in [-0.2, -0.15) is 8.75 Å². The van der Waals surface area contributed by atoms with Gasteiger partial charge in [-0.1, -0.05) is 0 Å². The van der Waals surface area contributed by atoms with Crippen molar-refractivity contribution in [2.75, 3.05) is 6.54 Å². The second-order valence-electron chi connectivity index (χ2n) is 3.64. The summed E-state index contributed by atoms with van der Waals surface area (Å²) in [5.41, 5.74) is 1.73. The maximum absolute atomic E-state index is 12.0. The highest BCUT2D eigenvalue weighted by atomic mass is 32.1. The number of fused-ring (bicyclic) bond motifs is 1. The third-order valence-corrected chi connectivity index (χ3v) is 4.18. The molecule has 0 unspecified atom stereocenters. The van der Waals surface area contributed by atoms with Crippen LogP contribution in [0.4, 0.5) is 0 Å². The Balaban J connectivity index is 1.81. The molecule has 0 bridgehead atoms. The van der Waals surface area contributed by atoms with E-state index in [2.05, 4.69) is 20.2 Å². The van der Waals surface area contributed by atoms with Gasteiger partial charge < -0.3 is 4.90 Å². The van der Waals surface area contributed by atoms with E-state index in [9.17, 15) is 4.79 Å². The Bertz CT molecular complexity index is 506. The van der Waals surface area contributed by atoms with E-state index in [-0.39, 0.29) is 5.91 Å². The monoisotopic (exact) mass is 251 g/mol. The van der Waals surface area contributed by atoms with Crippen LogP contribution in [0, 0.1) is 0 Å². The third kappa shape index (κ3) is 1.64. The standard InChI is InChI=1S/C10H9N3OS2/c14-10(8-5-11-16-12-8)13-3-1-9-7(6-13)2-4-15-9/h2,4-5H,1,3,6H2. The Morgan fingerprint density at radius 3 is 3.25 bits per heavy atom. The van der Waals surface area contributed by atoms with Crippen molar-refractivity contribution in [1.82, 2.24) is 13.6 Å². The summed E-state index contributed by atoms with van der Waals surface area (Å²) in [5, 5.41) is 2.09. The maximum Gasteiger partial charge on any atom is 0.275 e. The lowest BCUT2D eigenvalue weighted by Gasteiger charge is -2.26. The van der Waals surface area contributed by atoms with Gasteiger partial charge in [0.25, 0.3) is 5.91 Å². The SMILES string of the molecule is O=C(c1cnsn1)N1CCc2sccc2C1. The molecule has 4 nitrogen and oxygen atoms in total. The molecule has 0 saturated carbocycles. The van der Waals surface area contributed by atoms with Gasteiger partial charge in [0.15, 0.2) is 5.69 Å². The molecule has 0 saturated heterocycles. The largest absolute Gasteiger partial charge is 0.332 e. The molecule has 2 aromatic heterocycles. The van der Waals surface area contributed by atoms with Crippen molar-refractivity contribution in [3.63, 3.8) is 0 Å². The summed E-state index contributed by atoms with van der Waals surface area (Å²) in [6.45, 7) is 1.49. The van der Waals surface area contributed by atoms with Gasteiger partial charge in [-0.25, -0.2) is 0 Å². The molecule has 0 atom stereocenters. The predicted molar refractivity (Wildman–Crippen MR) is 62.7 cm³/mol. The summed E-state index contributed by atoms with van der Waals surface area (Å²) >= 11 is 2.85. The van der Waals surface area contributed by atoms with Crippen molar-refractivity contribution < 1.29 is 4.79 Å². The fourth-order valence-corrected chi connectivity index (χ4v) is 3.14. The van der Waals surface area contributed by atoms with Gasteiger partial charge in [0.05, 0.1) is 17.9 Å². The van der Waals surface area contributed by atoms with Gasteiger partial charge >= 0.3 is 0 Å². The number of carbonyl (C=O) groups is 1. The van der Waals surface area contributed by atoms with Crippen molar-refractivity contribution in [2.45, 2.75) is 13.0 Å². The summed E-state index contributed by atoms with van der Waals surface area (Å²) in [6, 6.07) is 2.10. The van der Waals surface area contributed by atoms with Gasteiger partial charge in [-0.15, -0.1) is 11.3 Å². The number of thiophene rings is 1. The molecule has 0 spiro atoms. The van der Waals surface area contributed by atoms with Crippen LogP contribution in [0.5, 0.6) is 0 Å². The van der Waals surface area contributed by atoms with E-state index in [1.165, 1.54) is 16.6 Å². The molecule has 16 heavy (non-hydrogen) atoms. The van der Waals surface area contributed by atoms with Crippen molar-refractivity contribution in [3.8, 4) is 0 Å². The smallest absolute Gasteiger partial charge is 0.275 e. The number of aromatic nitrogens is 2. The molecule has 6 heteroatoms. The lowest BCUT2D eigenvalue weighted by Crippen LogP contribution is -2.35. The average molecular weight is 251 g/mol. The lowest BCUT2D eigenvalue weighted by atomic mass is 10.1. The van der Waals surface area contributed by atoms with Crippen LogP contribution in [0.2, 0.25) is 0 Å². The Hall–Kier alpha value is -1.27.